The van der Waals surface area contributed by atoms with Crippen molar-refractivity contribution in [3.05, 3.63) is 47.4 Å². The predicted molar refractivity (Wildman–Crippen MR) is 137 cm³/mol. The van der Waals surface area contributed by atoms with E-state index in [1.54, 1.807) is 35.2 Å². The summed E-state index contributed by atoms with van der Waals surface area (Å²) in [6.07, 6.45) is 0.706. The number of aromatic nitrogens is 3. The highest BCUT2D eigenvalue weighted by Crippen LogP contribution is 2.38. The number of anilines is 2. The lowest BCUT2D eigenvalue weighted by molar-refractivity contribution is 0.0715. The molecule has 4 aromatic rings. The molecule has 11 heteroatoms. The lowest BCUT2D eigenvalue weighted by Crippen LogP contribution is -2.55. The van der Waals surface area contributed by atoms with E-state index in [-0.39, 0.29) is 34.8 Å². The van der Waals surface area contributed by atoms with Crippen LogP contribution < -0.4 is 20.1 Å². The molecule has 190 valence electrons. The van der Waals surface area contributed by atoms with Crippen molar-refractivity contribution in [3.8, 4) is 17.6 Å². The molecule has 1 fully saturated rings. The first-order valence-electron chi connectivity index (χ1n) is 11.8. The number of carbonyl (C=O) groups is 1. The Bertz CT molecular complexity index is 1560. The van der Waals surface area contributed by atoms with E-state index in [4.69, 9.17) is 20.5 Å². The maximum absolute atomic E-state index is 15.3. The molecule has 37 heavy (non-hydrogen) atoms. The molecule has 3 heterocycles. The van der Waals surface area contributed by atoms with E-state index in [2.05, 4.69) is 21.0 Å². The van der Waals surface area contributed by atoms with E-state index in [0.717, 1.165) is 10.9 Å². The Hall–Kier alpha value is -4.59. The average Bonchev–Trinajstić information content (AvgIpc) is 3.35. The average molecular weight is 504 g/mol. The van der Waals surface area contributed by atoms with Crippen LogP contribution in [0.25, 0.3) is 21.8 Å². The van der Waals surface area contributed by atoms with E-state index < -0.39 is 5.82 Å². The van der Waals surface area contributed by atoms with Crippen molar-refractivity contribution in [2.24, 2.45) is 0 Å². The number of methoxy groups -OCH3 is 2. The molecule has 1 saturated heterocycles. The number of hydrogen-bond donors (Lipinski definition) is 2. The number of ether oxygens (including phenoxy) is 2. The van der Waals surface area contributed by atoms with Gasteiger partial charge in [0.15, 0.2) is 17.3 Å². The molecule has 1 atom stereocenters. The second kappa shape index (κ2) is 9.46. The minimum absolute atomic E-state index is 0.0447. The second-order valence-electron chi connectivity index (χ2n) is 8.83. The Morgan fingerprint density at radius 2 is 2.05 bits per heavy atom. The van der Waals surface area contributed by atoms with E-state index in [1.165, 1.54) is 14.2 Å². The number of nitrogens with two attached hydrogens (primary N) is 1. The number of nitrogen functional groups attached to an aromatic ring is 1. The summed E-state index contributed by atoms with van der Waals surface area (Å²) in [6, 6.07) is 10.6. The number of rotatable bonds is 5. The number of H-pyrrole nitrogens is 1. The summed E-state index contributed by atoms with van der Waals surface area (Å²) >= 11 is 0. The first-order chi connectivity index (χ1) is 17.9. The maximum atomic E-state index is 15.3. The molecule has 0 spiro atoms. The highest BCUT2D eigenvalue weighted by Gasteiger charge is 2.32. The molecular weight excluding hydrogens is 477 g/mol. The van der Waals surface area contributed by atoms with Gasteiger partial charge in [0.25, 0.3) is 5.91 Å². The third-order valence-electron chi connectivity index (χ3n) is 6.77. The fraction of sp³-hybridized carbons (Fsp3) is 0.308. The Morgan fingerprint density at radius 1 is 1.24 bits per heavy atom. The van der Waals surface area contributed by atoms with Gasteiger partial charge in [-0.15, -0.1) is 0 Å². The van der Waals surface area contributed by atoms with Gasteiger partial charge in [0.2, 0.25) is 5.95 Å². The lowest BCUT2D eigenvalue weighted by atomic mass is 10.1. The number of hydrogen-bond acceptors (Lipinski definition) is 8. The van der Waals surface area contributed by atoms with Crippen molar-refractivity contribution in [1.29, 1.82) is 5.26 Å². The molecule has 0 radical (unpaired) electrons. The topological polar surface area (TPSA) is 133 Å². The van der Waals surface area contributed by atoms with Gasteiger partial charge in [0, 0.05) is 42.0 Å². The largest absolute Gasteiger partial charge is 0.493 e. The predicted octanol–water partition coefficient (Wildman–Crippen LogP) is 3.46. The van der Waals surface area contributed by atoms with Crippen LogP contribution in [0.4, 0.5) is 16.2 Å². The van der Waals surface area contributed by atoms with Crippen LogP contribution in [0.1, 0.15) is 29.4 Å². The number of nitrogens with zero attached hydrogens (tertiary/aromatic N) is 5. The monoisotopic (exact) mass is 503 g/mol. The standard InChI is InChI=1S/C26H26FN7O3/c1-4-16-13-33(25(35)19-10-15-9-14(12-28)5-6-18(15)30-19)7-8-34(16)26-31-22-17(24(29)32-26)11-20(36-2)23(37-3)21(22)27/h5-6,9-11,16,30H,4,7-8,13H2,1-3H3,(H2,29,31,32)/t16-/m0/s1. The summed E-state index contributed by atoms with van der Waals surface area (Å²) in [7, 11) is 2.78. The molecule has 2 aromatic heterocycles. The van der Waals surface area contributed by atoms with Gasteiger partial charge in [0.05, 0.1) is 25.9 Å². The number of benzene rings is 2. The Kier molecular flexibility index (Phi) is 6.17. The summed E-state index contributed by atoms with van der Waals surface area (Å²) in [5.41, 5.74) is 8.05. The molecule has 10 nitrogen and oxygen atoms in total. The minimum atomic E-state index is -0.674. The number of halogens is 1. The van der Waals surface area contributed by atoms with Gasteiger partial charge >= 0.3 is 0 Å². The third kappa shape index (κ3) is 4.10. The van der Waals surface area contributed by atoms with Crippen LogP contribution in [-0.2, 0) is 0 Å². The maximum Gasteiger partial charge on any atom is 0.270 e. The van der Waals surface area contributed by atoms with E-state index in [0.29, 0.717) is 48.6 Å². The SMILES string of the molecule is CC[C@H]1CN(C(=O)c2cc3cc(C#N)ccc3[nH]2)CCN1c1nc(N)c2cc(OC)c(OC)c(F)c2n1. The van der Waals surface area contributed by atoms with Crippen LogP contribution >= 0.6 is 0 Å². The highest BCUT2D eigenvalue weighted by atomic mass is 19.1. The lowest BCUT2D eigenvalue weighted by Gasteiger charge is -2.41. The van der Waals surface area contributed by atoms with E-state index in [1.807, 2.05) is 11.8 Å². The van der Waals surface area contributed by atoms with Gasteiger partial charge in [-0.05, 0) is 36.8 Å². The zero-order valence-corrected chi connectivity index (χ0v) is 20.7. The molecule has 0 bridgehead atoms. The smallest absolute Gasteiger partial charge is 0.270 e. The van der Waals surface area contributed by atoms with Gasteiger partial charge in [-0.1, -0.05) is 6.92 Å². The fourth-order valence-corrected chi connectivity index (χ4v) is 4.81. The van der Waals surface area contributed by atoms with Gasteiger partial charge in [-0.3, -0.25) is 4.79 Å². The summed E-state index contributed by atoms with van der Waals surface area (Å²) in [4.78, 5) is 29.2. The second-order valence-corrected chi connectivity index (χ2v) is 8.83. The van der Waals surface area contributed by atoms with Crippen molar-refractivity contribution in [3.63, 3.8) is 0 Å². The number of aromatic amines is 1. The molecule has 3 N–H and O–H groups in total. The van der Waals surface area contributed by atoms with Gasteiger partial charge in [-0.2, -0.15) is 10.2 Å². The molecule has 0 aliphatic carbocycles. The molecular formula is C26H26FN7O3. The van der Waals surface area contributed by atoms with E-state index in [9.17, 15) is 4.79 Å². The quantitative estimate of drug-likeness (QED) is 0.423. The molecule has 1 aliphatic rings. The Balaban J connectivity index is 1.43. The number of piperazine rings is 1. The zero-order valence-electron chi connectivity index (χ0n) is 20.7. The Labute approximate surface area is 212 Å². The number of nitrogens with one attached hydrogen (secondary N) is 1. The highest BCUT2D eigenvalue weighted by molar-refractivity contribution is 5.98. The van der Waals surface area contributed by atoms with Gasteiger partial charge in [0.1, 0.15) is 17.0 Å². The third-order valence-corrected chi connectivity index (χ3v) is 6.77. The van der Waals surface area contributed by atoms with Gasteiger partial charge in [-0.25, -0.2) is 9.37 Å². The van der Waals surface area contributed by atoms with Crippen molar-refractivity contribution in [1.82, 2.24) is 19.9 Å². The summed E-state index contributed by atoms with van der Waals surface area (Å²) in [5, 5.41) is 10.3. The number of fused-ring (bicyclic) bond motifs is 2. The molecule has 2 aromatic carbocycles. The molecule has 1 amide bonds. The Morgan fingerprint density at radius 3 is 2.76 bits per heavy atom. The van der Waals surface area contributed by atoms with E-state index >= 15 is 4.39 Å². The zero-order chi connectivity index (χ0) is 26.3. The normalized spacial score (nSPS) is 15.7. The fourth-order valence-electron chi connectivity index (χ4n) is 4.81. The van der Waals surface area contributed by atoms with Crippen molar-refractivity contribution >= 4 is 39.5 Å². The van der Waals surface area contributed by atoms with Crippen molar-refractivity contribution in [2.45, 2.75) is 19.4 Å². The molecule has 5 rings (SSSR count). The van der Waals surface area contributed by atoms with Crippen molar-refractivity contribution in [2.75, 3.05) is 44.5 Å². The molecule has 0 saturated carbocycles. The van der Waals surface area contributed by atoms with Crippen LogP contribution in [0.3, 0.4) is 0 Å². The first kappa shape index (κ1) is 24.1. The number of nitriles is 1. The summed E-state index contributed by atoms with van der Waals surface area (Å²) in [5.74, 6) is -0.230. The van der Waals surface area contributed by atoms with Crippen LogP contribution in [0.15, 0.2) is 30.3 Å². The van der Waals surface area contributed by atoms with Crippen LogP contribution in [-0.4, -0.2) is 65.7 Å². The van der Waals surface area contributed by atoms with Crippen LogP contribution in [0, 0.1) is 17.1 Å². The first-order valence-corrected chi connectivity index (χ1v) is 11.8. The van der Waals surface area contributed by atoms with Crippen molar-refractivity contribution < 1.29 is 18.7 Å². The summed E-state index contributed by atoms with van der Waals surface area (Å²) in [6.45, 7) is 3.31. The summed E-state index contributed by atoms with van der Waals surface area (Å²) < 4.78 is 25.7. The van der Waals surface area contributed by atoms with Crippen LogP contribution in [0.2, 0.25) is 0 Å². The molecule has 1 aliphatic heterocycles. The molecule has 0 unspecified atom stereocenters. The van der Waals surface area contributed by atoms with Gasteiger partial charge < -0.3 is 30.0 Å². The minimum Gasteiger partial charge on any atom is -0.493 e. The van der Waals surface area contributed by atoms with Crippen LogP contribution in [0.5, 0.6) is 11.5 Å². The number of carbonyl (C=O) groups excluding carboxylic acids is 1. The number of amides is 1.